The third-order valence-corrected chi connectivity index (χ3v) is 3.91. The number of hydrogen-bond acceptors (Lipinski definition) is 2. The van der Waals surface area contributed by atoms with E-state index in [1.54, 1.807) is 0 Å². The maximum atomic E-state index is 6.01. The molecule has 0 aliphatic rings. The lowest BCUT2D eigenvalue weighted by Gasteiger charge is -2.14. The molecule has 0 radical (unpaired) electrons. The van der Waals surface area contributed by atoms with Gasteiger partial charge in [0.1, 0.15) is 5.75 Å². The standard InChI is InChI=1S/C19H33NO/c1-4-5-6-7-8-9-10-11-14-21-19-13-12-16(2)15-18(19)17(3)20/h12-13,15,17H,4-11,14,20H2,1-3H3/t17-/m1/s1. The van der Waals surface area contributed by atoms with Crippen LogP contribution in [0.15, 0.2) is 18.2 Å². The summed E-state index contributed by atoms with van der Waals surface area (Å²) in [6, 6.07) is 6.31. The van der Waals surface area contributed by atoms with E-state index in [2.05, 4.69) is 32.0 Å². The van der Waals surface area contributed by atoms with Gasteiger partial charge in [0.05, 0.1) is 6.61 Å². The first kappa shape index (κ1) is 18.0. The van der Waals surface area contributed by atoms with Gasteiger partial charge in [-0.15, -0.1) is 0 Å². The molecule has 0 aliphatic heterocycles. The number of benzene rings is 1. The van der Waals surface area contributed by atoms with Crippen LogP contribution in [0.3, 0.4) is 0 Å². The number of rotatable bonds is 11. The lowest BCUT2D eigenvalue weighted by molar-refractivity contribution is 0.300. The molecule has 2 N–H and O–H groups in total. The molecular weight excluding hydrogens is 258 g/mol. The molecule has 0 aliphatic carbocycles. The Hall–Kier alpha value is -1.02. The highest BCUT2D eigenvalue weighted by Gasteiger charge is 2.08. The molecule has 0 fully saturated rings. The summed E-state index contributed by atoms with van der Waals surface area (Å²) in [6.07, 6.45) is 10.6. The van der Waals surface area contributed by atoms with Crippen molar-refractivity contribution >= 4 is 0 Å². The molecule has 0 saturated carbocycles. The molecule has 0 spiro atoms. The second kappa shape index (κ2) is 10.7. The maximum absolute atomic E-state index is 6.01. The predicted molar refractivity (Wildman–Crippen MR) is 91.9 cm³/mol. The van der Waals surface area contributed by atoms with E-state index in [1.165, 1.54) is 50.5 Å². The Labute approximate surface area is 131 Å². The van der Waals surface area contributed by atoms with Crippen LogP contribution in [0.4, 0.5) is 0 Å². The van der Waals surface area contributed by atoms with Crippen molar-refractivity contribution in [1.82, 2.24) is 0 Å². The fraction of sp³-hybridized carbons (Fsp3) is 0.684. The zero-order chi connectivity index (χ0) is 15.5. The van der Waals surface area contributed by atoms with E-state index in [1.807, 2.05) is 6.92 Å². The minimum atomic E-state index is 0.0264. The van der Waals surface area contributed by atoms with Gasteiger partial charge in [-0.05, 0) is 26.3 Å². The van der Waals surface area contributed by atoms with Crippen LogP contribution < -0.4 is 10.5 Å². The Balaban J connectivity index is 2.18. The molecule has 0 heterocycles. The van der Waals surface area contributed by atoms with Crippen molar-refractivity contribution in [2.24, 2.45) is 5.73 Å². The van der Waals surface area contributed by atoms with E-state index in [0.29, 0.717) is 0 Å². The van der Waals surface area contributed by atoms with Gasteiger partial charge in [-0.25, -0.2) is 0 Å². The molecule has 0 aromatic heterocycles. The van der Waals surface area contributed by atoms with Crippen LogP contribution in [0.1, 0.15) is 82.4 Å². The zero-order valence-electron chi connectivity index (χ0n) is 14.2. The van der Waals surface area contributed by atoms with Crippen molar-refractivity contribution in [3.05, 3.63) is 29.3 Å². The van der Waals surface area contributed by atoms with Crippen LogP contribution in [0, 0.1) is 6.92 Å². The Morgan fingerprint density at radius 1 is 1.00 bits per heavy atom. The van der Waals surface area contributed by atoms with Crippen molar-refractivity contribution in [1.29, 1.82) is 0 Å². The number of ether oxygens (including phenoxy) is 1. The third kappa shape index (κ3) is 7.52. The molecule has 1 rings (SSSR count). The number of hydrogen-bond donors (Lipinski definition) is 1. The first-order valence-electron chi connectivity index (χ1n) is 8.64. The van der Waals surface area contributed by atoms with Crippen molar-refractivity contribution in [3.63, 3.8) is 0 Å². The summed E-state index contributed by atoms with van der Waals surface area (Å²) in [7, 11) is 0. The smallest absolute Gasteiger partial charge is 0.124 e. The Morgan fingerprint density at radius 3 is 2.24 bits per heavy atom. The van der Waals surface area contributed by atoms with Crippen LogP contribution in [-0.2, 0) is 0 Å². The first-order chi connectivity index (χ1) is 10.1. The van der Waals surface area contributed by atoms with Gasteiger partial charge in [-0.1, -0.05) is 69.6 Å². The third-order valence-electron chi connectivity index (χ3n) is 3.91. The topological polar surface area (TPSA) is 35.2 Å². The maximum Gasteiger partial charge on any atom is 0.124 e. The summed E-state index contributed by atoms with van der Waals surface area (Å²) < 4.78 is 5.92. The minimum absolute atomic E-state index is 0.0264. The minimum Gasteiger partial charge on any atom is -0.493 e. The van der Waals surface area contributed by atoms with Crippen LogP contribution in [0.2, 0.25) is 0 Å². The fourth-order valence-electron chi connectivity index (χ4n) is 2.57. The molecule has 2 nitrogen and oxygen atoms in total. The van der Waals surface area contributed by atoms with Gasteiger partial charge in [0.2, 0.25) is 0 Å². The molecule has 0 amide bonds. The average Bonchev–Trinajstić information content (AvgIpc) is 2.46. The molecule has 1 aromatic rings. The van der Waals surface area contributed by atoms with Gasteiger partial charge in [-0.3, -0.25) is 0 Å². The van der Waals surface area contributed by atoms with E-state index in [-0.39, 0.29) is 6.04 Å². The van der Waals surface area contributed by atoms with Gasteiger partial charge in [0.15, 0.2) is 0 Å². The Morgan fingerprint density at radius 2 is 1.62 bits per heavy atom. The van der Waals surface area contributed by atoms with E-state index in [0.717, 1.165) is 24.3 Å². The quantitative estimate of drug-likeness (QED) is 0.544. The highest BCUT2D eigenvalue weighted by atomic mass is 16.5. The Bertz CT molecular complexity index is 387. The molecule has 0 saturated heterocycles. The molecule has 1 aromatic carbocycles. The van der Waals surface area contributed by atoms with E-state index >= 15 is 0 Å². The highest BCUT2D eigenvalue weighted by molar-refractivity contribution is 5.38. The second-order valence-electron chi connectivity index (χ2n) is 6.15. The summed E-state index contributed by atoms with van der Waals surface area (Å²) >= 11 is 0. The fourth-order valence-corrected chi connectivity index (χ4v) is 2.57. The predicted octanol–water partition coefficient (Wildman–Crippen LogP) is 5.53. The second-order valence-corrected chi connectivity index (χ2v) is 6.15. The molecule has 1 atom stereocenters. The summed E-state index contributed by atoms with van der Waals surface area (Å²) in [4.78, 5) is 0. The van der Waals surface area contributed by atoms with Crippen LogP contribution >= 0.6 is 0 Å². The van der Waals surface area contributed by atoms with Gasteiger partial charge in [-0.2, -0.15) is 0 Å². The van der Waals surface area contributed by atoms with Gasteiger partial charge in [0, 0.05) is 11.6 Å². The van der Waals surface area contributed by atoms with Gasteiger partial charge >= 0.3 is 0 Å². The Kier molecular flexibility index (Phi) is 9.16. The van der Waals surface area contributed by atoms with Crippen molar-refractivity contribution in [3.8, 4) is 5.75 Å². The van der Waals surface area contributed by atoms with Gasteiger partial charge < -0.3 is 10.5 Å². The summed E-state index contributed by atoms with van der Waals surface area (Å²) in [5.41, 5.74) is 8.37. The number of aryl methyl sites for hydroxylation is 1. The van der Waals surface area contributed by atoms with E-state index in [4.69, 9.17) is 10.5 Å². The highest BCUT2D eigenvalue weighted by Crippen LogP contribution is 2.25. The molecular formula is C19H33NO. The van der Waals surface area contributed by atoms with E-state index in [9.17, 15) is 0 Å². The van der Waals surface area contributed by atoms with Crippen LogP contribution in [-0.4, -0.2) is 6.61 Å². The number of nitrogens with two attached hydrogens (primary N) is 1. The van der Waals surface area contributed by atoms with E-state index < -0.39 is 0 Å². The zero-order valence-corrected chi connectivity index (χ0v) is 14.2. The summed E-state index contributed by atoms with van der Waals surface area (Å²) in [6.45, 7) is 7.17. The SMILES string of the molecule is CCCCCCCCCCOc1ccc(C)cc1[C@@H](C)N. The van der Waals surface area contributed by atoms with Crippen LogP contribution in [0.5, 0.6) is 5.75 Å². The van der Waals surface area contributed by atoms with Crippen molar-refractivity contribution in [2.45, 2.75) is 78.2 Å². The summed E-state index contributed by atoms with van der Waals surface area (Å²) in [5, 5.41) is 0. The number of unbranched alkanes of at least 4 members (excludes halogenated alkanes) is 7. The molecule has 120 valence electrons. The normalized spacial score (nSPS) is 12.4. The molecule has 2 heteroatoms. The van der Waals surface area contributed by atoms with Gasteiger partial charge in [0.25, 0.3) is 0 Å². The van der Waals surface area contributed by atoms with Crippen molar-refractivity contribution in [2.75, 3.05) is 6.61 Å². The monoisotopic (exact) mass is 291 g/mol. The lowest BCUT2D eigenvalue weighted by atomic mass is 10.1. The molecule has 0 bridgehead atoms. The lowest BCUT2D eigenvalue weighted by Crippen LogP contribution is -2.09. The average molecular weight is 291 g/mol. The largest absolute Gasteiger partial charge is 0.493 e. The molecule has 21 heavy (non-hydrogen) atoms. The summed E-state index contributed by atoms with van der Waals surface area (Å²) in [5.74, 6) is 0.957. The van der Waals surface area contributed by atoms with Crippen molar-refractivity contribution < 1.29 is 4.74 Å². The first-order valence-corrected chi connectivity index (χ1v) is 8.64. The molecule has 0 unspecified atom stereocenters. The van der Waals surface area contributed by atoms with Crippen LogP contribution in [0.25, 0.3) is 0 Å².